The standard InChI is InChI=1S/C16H13N3S/c1-2-5-11(6-3-1)14-10-20-16(19-14)13-9-12-7-4-8-17-15(12)18-13/h1-9,14H,10H2,(H,17,18). The number of fused-ring (bicyclic) bond motifs is 1. The van der Waals surface area contributed by atoms with Crippen molar-refractivity contribution in [3.63, 3.8) is 0 Å². The molecule has 3 heterocycles. The Morgan fingerprint density at radius 1 is 1.10 bits per heavy atom. The molecule has 1 aliphatic heterocycles. The Balaban J connectivity index is 1.69. The molecular formula is C16H13N3S. The molecule has 0 spiro atoms. The zero-order chi connectivity index (χ0) is 13.4. The molecule has 4 rings (SSSR count). The summed E-state index contributed by atoms with van der Waals surface area (Å²) >= 11 is 1.80. The van der Waals surface area contributed by atoms with E-state index in [1.54, 1.807) is 18.0 Å². The minimum absolute atomic E-state index is 0.260. The number of H-pyrrole nitrogens is 1. The van der Waals surface area contributed by atoms with Gasteiger partial charge in [-0.05, 0) is 23.8 Å². The molecule has 3 nitrogen and oxygen atoms in total. The Bertz CT molecular complexity index is 744. The van der Waals surface area contributed by atoms with E-state index in [0.717, 1.165) is 27.5 Å². The Morgan fingerprint density at radius 3 is 2.85 bits per heavy atom. The highest BCUT2D eigenvalue weighted by Gasteiger charge is 2.21. The Labute approximate surface area is 121 Å². The molecule has 0 aliphatic carbocycles. The molecule has 1 aliphatic rings. The Kier molecular flexibility index (Phi) is 2.81. The lowest BCUT2D eigenvalue weighted by molar-refractivity contribution is 0.849. The van der Waals surface area contributed by atoms with Crippen LogP contribution in [0.3, 0.4) is 0 Å². The second-order valence-electron chi connectivity index (χ2n) is 4.80. The van der Waals surface area contributed by atoms with Gasteiger partial charge in [0.05, 0.1) is 11.7 Å². The summed E-state index contributed by atoms with van der Waals surface area (Å²) in [5.74, 6) is 1.00. The average molecular weight is 279 g/mol. The smallest absolute Gasteiger partial charge is 0.137 e. The third-order valence-electron chi connectivity index (χ3n) is 3.46. The van der Waals surface area contributed by atoms with Gasteiger partial charge in [0.15, 0.2) is 0 Å². The summed E-state index contributed by atoms with van der Waals surface area (Å²) in [5.41, 5.74) is 3.28. The second kappa shape index (κ2) is 4.80. The molecule has 1 N–H and O–H groups in total. The number of aromatic amines is 1. The van der Waals surface area contributed by atoms with Crippen LogP contribution in [0.5, 0.6) is 0 Å². The van der Waals surface area contributed by atoms with E-state index in [9.17, 15) is 0 Å². The third kappa shape index (κ3) is 2.02. The number of hydrogen-bond donors (Lipinski definition) is 1. The van der Waals surface area contributed by atoms with Crippen molar-refractivity contribution in [2.75, 3.05) is 5.75 Å². The van der Waals surface area contributed by atoms with Gasteiger partial charge in [-0.15, -0.1) is 11.8 Å². The quantitative estimate of drug-likeness (QED) is 0.775. The molecule has 2 aromatic heterocycles. The Hall–Kier alpha value is -2.07. The number of hydrogen-bond acceptors (Lipinski definition) is 3. The fraction of sp³-hybridized carbons (Fsp3) is 0.125. The van der Waals surface area contributed by atoms with Crippen LogP contribution in [-0.2, 0) is 0 Å². The van der Waals surface area contributed by atoms with Crippen LogP contribution in [0, 0.1) is 0 Å². The van der Waals surface area contributed by atoms with E-state index in [1.165, 1.54) is 5.56 Å². The van der Waals surface area contributed by atoms with E-state index < -0.39 is 0 Å². The SMILES string of the molecule is c1ccc(C2CSC(c3cc4cccnc4[nH]3)=N2)cc1. The van der Waals surface area contributed by atoms with Gasteiger partial charge in [0, 0.05) is 17.3 Å². The maximum Gasteiger partial charge on any atom is 0.137 e. The number of rotatable bonds is 2. The lowest BCUT2D eigenvalue weighted by atomic mass is 10.1. The predicted octanol–water partition coefficient (Wildman–Crippen LogP) is 3.80. The number of nitrogens with zero attached hydrogens (tertiary/aromatic N) is 2. The molecule has 0 radical (unpaired) electrons. The molecule has 0 saturated heterocycles. The average Bonchev–Trinajstić information content (AvgIpc) is 3.14. The largest absolute Gasteiger partial charge is 0.338 e. The molecule has 20 heavy (non-hydrogen) atoms. The summed E-state index contributed by atoms with van der Waals surface area (Å²) in [4.78, 5) is 12.5. The van der Waals surface area contributed by atoms with Crippen molar-refractivity contribution >= 4 is 27.8 Å². The van der Waals surface area contributed by atoms with Crippen LogP contribution in [0.1, 0.15) is 17.3 Å². The van der Waals surface area contributed by atoms with Crippen LogP contribution in [0.25, 0.3) is 11.0 Å². The zero-order valence-corrected chi connectivity index (χ0v) is 11.6. The lowest BCUT2D eigenvalue weighted by Gasteiger charge is -2.04. The minimum Gasteiger partial charge on any atom is -0.338 e. The lowest BCUT2D eigenvalue weighted by Crippen LogP contribution is -1.93. The van der Waals surface area contributed by atoms with Gasteiger partial charge in [-0.3, -0.25) is 4.99 Å². The fourth-order valence-electron chi connectivity index (χ4n) is 2.44. The Morgan fingerprint density at radius 2 is 2.00 bits per heavy atom. The predicted molar refractivity (Wildman–Crippen MR) is 84.3 cm³/mol. The second-order valence-corrected chi connectivity index (χ2v) is 5.80. The van der Waals surface area contributed by atoms with Gasteiger partial charge in [0.25, 0.3) is 0 Å². The van der Waals surface area contributed by atoms with Crippen LogP contribution in [0.15, 0.2) is 59.7 Å². The summed E-state index contributed by atoms with van der Waals surface area (Å²) in [6.45, 7) is 0. The number of benzene rings is 1. The number of aliphatic imine (C=N–C) groups is 1. The molecule has 0 saturated carbocycles. The van der Waals surface area contributed by atoms with Gasteiger partial charge < -0.3 is 4.98 Å². The summed E-state index contributed by atoms with van der Waals surface area (Å²) < 4.78 is 0. The van der Waals surface area contributed by atoms with Crippen molar-refractivity contribution in [2.45, 2.75) is 6.04 Å². The van der Waals surface area contributed by atoms with Crippen molar-refractivity contribution in [1.29, 1.82) is 0 Å². The highest BCUT2D eigenvalue weighted by Crippen LogP contribution is 2.33. The molecule has 98 valence electrons. The first-order valence-electron chi connectivity index (χ1n) is 6.60. The van der Waals surface area contributed by atoms with E-state index in [4.69, 9.17) is 4.99 Å². The number of thioether (sulfide) groups is 1. The van der Waals surface area contributed by atoms with Gasteiger partial charge in [-0.2, -0.15) is 0 Å². The van der Waals surface area contributed by atoms with Crippen LogP contribution >= 0.6 is 11.8 Å². The first-order valence-corrected chi connectivity index (χ1v) is 7.58. The van der Waals surface area contributed by atoms with E-state index >= 15 is 0 Å². The van der Waals surface area contributed by atoms with Crippen molar-refractivity contribution in [2.24, 2.45) is 4.99 Å². The third-order valence-corrected chi connectivity index (χ3v) is 4.54. The summed E-state index contributed by atoms with van der Waals surface area (Å²) in [7, 11) is 0. The topological polar surface area (TPSA) is 41.0 Å². The molecule has 1 aromatic carbocycles. The van der Waals surface area contributed by atoms with E-state index in [1.807, 2.05) is 12.1 Å². The maximum absolute atomic E-state index is 4.84. The van der Waals surface area contributed by atoms with Gasteiger partial charge in [-0.25, -0.2) is 4.98 Å². The van der Waals surface area contributed by atoms with E-state index in [-0.39, 0.29) is 6.04 Å². The molecule has 0 fully saturated rings. The van der Waals surface area contributed by atoms with Crippen molar-refractivity contribution in [3.05, 3.63) is 66.0 Å². The molecule has 1 unspecified atom stereocenters. The summed E-state index contributed by atoms with van der Waals surface area (Å²) in [5, 5.41) is 2.21. The van der Waals surface area contributed by atoms with Gasteiger partial charge in [-0.1, -0.05) is 30.3 Å². The van der Waals surface area contributed by atoms with Crippen molar-refractivity contribution in [3.8, 4) is 0 Å². The number of pyridine rings is 1. The molecule has 0 bridgehead atoms. The number of nitrogens with one attached hydrogen (secondary N) is 1. The zero-order valence-electron chi connectivity index (χ0n) is 10.8. The van der Waals surface area contributed by atoms with E-state index in [2.05, 4.69) is 46.4 Å². The van der Waals surface area contributed by atoms with Crippen molar-refractivity contribution in [1.82, 2.24) is 9.97 Å². The van der Waals surface area contributed by atoms with Crippen LogP contribution in [0.4, 0.5) is 0 Å². The van der Waals surface area contributed by atoms with Crippen LogP contribution in [0.2, 0.25) is 0 Å². The van der Waals surface area contributed by atoms with Crippen LogP contribution < -0.4 is 0 Å². The monoisotopic (exact) mass is 279 g/mol. The van der Waals surface area contributed by atoms with Gasteiger partial charge in [0.2, 0.25) is 0 Å². The molecule has 0 amide bonds. The normalized spacial score (nSPS) is 18.4. The fourth-order valence-corrected chi connectivity index (χ4v) is 3.49. The number of aromatic nitrogens is 2. The maximum atomic E-state index is 4.84. The molecule has 1 atom stereocenters. The van der Waals surface area contributed by atoms with Crippen LogP contribution in [-0.4, -0.2) is 20.8 Å². The van der Waals surface area contributed by atoms with Gasteiger partial charge in [0.1, 0.15) is 10.7 Å². The van der Waals surface area contributed by atoms with Gasteiger partial charge >= 0.3 is 0 Å². The highest BCUT2D eigenvalue weighted by molar-refractivity contribution is 8.14. The molecule has 4 heteroatoms. The minimum atomic E-state index is 0.260. The first-order chi connectivity index (χ1) is 9.90. The summed E-state index contributed by atoms with van der Waals surface area (Å²) in [6.07, 6.45) is 1.80. The van der Waals surface area contributed by atoms with E-state index in [0.29, 0.717) is 0 Å². The summed E-state index contributed by atoms with van der Waals surface area (Å²) in [6, 6.07) is 16.9. The molecule has 3 aromatic rings. The van der Waals surface area contributed by atoms with Crippen molar-refractivity contribution < 1.29 is 0 Å². The highest BCUT2D eigenvalue weighted by atomic mass is 32.2. The first kappa shape index (κ1) is 11.7. The molecular weight excluding hydrogens is 266 g/mol.